The molecule has 0 aliphatic heterocycles. The lowest BCUT2D eigenvalue weighted by Crippen LogP contribution is -2.38. The Hall–Kier alpha value is -2.36. The van der Waals surface area contributed by atoms with Crippen LogP contribution in [-0.4, -0.2) is 55.0 Å². The Balaban J connectivity index is 0.00000385. The molecule has 0 unspecified atom stereocenters. The summed E-state index contributed by atoms with van der Waals surface area (Å²) in [5.74, 6) is 1.47. The largest absolute Gasteiger partial charge is 0.474 e. The standard InChI is InChI=1S/C25H35N5O2.HI/c1-4-26-25(28-15-12-19-8-7-9-21(16-19)24(31)30(2)3)29-18-20-13-14-27-23(17-20)32-22-10-5-6-11-22;/h7-9,13-14,16-17,22H,4-6,10-12,15,18H2,1-3H3,(H2,26,28,29);1H. The number of hydrogen-bond acceptors (Lipinski definition) is 4. The van der Waals surface area contributed by atoms with E-state index in [1.165, 1.54) is 12.8 Å². The number of hydrogen-bond donors (Lipinski definition) is 2. The van der Waals surface area contributed by atoms with Gasteiger partial charge in [-0.3, -0.25) is 4.79 Å². The fourth-order valence-electron chi connectivity index (χ4n) is 3.75. The molecule has 0 bridgehead atoms. The van der Waals surface area contributed by atoms with E-state index >= 15 is 0 Å². The van der Waals surface area contributed by atoms with E-state index in [0.717, 1.165) is 49.4 Å². The molecule has 1 heterocycles. The number of pyridine rings is 1. The molecule has 1 aliphatic carbocycles. The van der Waals surface area contributed by atoms with Gasteiger partial charge in [0.1, 0.15) is 6.10 Å². The molecule has 33 heavy (non-hydrogen) atoms. The van der Waals surface area contributed by atoms with Gasteiger partial charge in [-0.2, -0.15) is 0 Å². The molecule has 2 N–H and O–H groups in total. The van der Waals surface area contributed by atoms with Crippen molar-refractivity contribution in [3.05, 3.63) is 59.3 Å². The topological polar surface area (TPSA) is 78.9 Å². The fraction of sp³-hybridized carbons (Fsp3) is 0.480. The zero-order chi connectivity index (χ0) is 22.8. The highest BCUT2D eigenvalue weighted by Crippen LogP contribution is 2.23. The van der Waals surface area contributed by atoms with Crippen molar-refractivity contribution >= 4 is 35.8 Å². The molecular formula is C25H36IN5O2. The maximum absolute atomic E-state index is 12.2. The summed E-state index contributed by atoms with van der Waals surface area (Å²) in [6.45, 7) is 4.10. The van der Waals surface area contributed by atoms with Crippen molar-refractivity contribution in [2.24, 2.45) is 4.99 Å². The van der Waals surface area contributed by atoms with Crippen LogP contribution in [0, 0.1) is 0 Å². The quantitative estimate of drug-likeness (QED) is 0.273. The third-order valence-electron chi connectivity index (χ3n) is 5.44. The first-order chi connectivity index (χ1) is 15.5. The predicted molar refractivity (Wildman–Crippen MR) is 144 cm³/mol. The van der Waals surface area contributed by atoms with Crippen LogP contribution < -0.4 is 15.4 Å². The van der Waals surface area contributed by atoms with Crippen molar-refractivity contribution in [3.8, 4) is 5.88 Å². The molecule has 1 amide bonds. The van der Waals surface area contributed by atoms with Crippen LogP contribution in [0.5, 0.6) is 5.88 Å². The monoisotopic (exact) mass is 565 g/mol. The van der Waals surface area contributed by atoms with Crippen LogP contribution >= 0.6 is 24.0 Å². The van der Waals surface area contributed by atoms with E-state index in [2.05, 4.69) is 15.6 Å². The van der Waals surface area contributed by atoms with Gasteiger partial charge in [0.15, 0.2) is 5.96 Å². The van der Waals surface area contributed by atoms with Crippen molar-refractivity contribution in [2.45, 2.75) is 51.7 Å². The van der Waals surface area contributed by atoms with Crippen LogP contribution in [0.1, 0.15) is 54.1 Å². The highest BCUT2D eigenvalue weighted by molar-refractivity contribution is 14.0. The summed E-state index contributed by atoms with van der Waals surface area (Å²) in [4.78, 5) is 22.8. The second-order valence-electron chi connectivity index (χ2n) is 8.30. The first-order valence-corrected chi connectivity index (χ1v) is 11.5. The summed E-state index contributed by atoms with van der Waals surface area (Å²) in [6, 6.07) is 11.7. The van der Waals surface area contributed by atoms with Gasteiger partial charge in [0.25, 0.3) is 5.91 Å². The Morgan fingerprint density at radius 1 is 1.15 bits per heavy atom. The van der Waals surface area contributed by atoms with Crippen LogP contribution in [0.15, 0.2) is 47.6 Å². The lowest BCUT2D eigenvalue weighted by atomic mass is 10.1. The minimum Gasteiger partial charge on any atom is -0.474 e. The van der Waals surface area contributed by atoms with Crippen molar-refractivity contribution in [3.63, 3.8) is 0 Å². The Kier molecular flexibility index (Phi) is 11.4. The third kappa shape index (κ3) is 8.83. The van der Waals surface area contributed by atoms with Crippen molar-refractivity contribution in [2.75, 3.05) is 27.2 Å². The molecule has 1 aliphatic rings. The zero-order valence-electron chi connectivity index (χ0n) is 19.8. The molecule has 0 spiro atoms. The Bertz CT molecular complexity index is 913. The minimum absolute atomic E-state index is 0. The molecule has 3 rings (SSSR count). The maximum atomic E-state index is 12.2. The van der Waals surface area contributed by atoms with E-state index in [-0.39, 0.29) is 29.9 Å². The average molecular weight is 566 g/mol. The van der Waals surface area contributed by atoms with E-state index in [0.29, 0.717) is 24.1 Å². The molecule has 180 valence electrons. The highest BCUT2D eigenvalue weighted by Gasteiger charge is 2.17. The van der Waals surface area contributed by atoms with Crippen LogP contribution in [-0.2, 0) is 13.0 Å². The number of nitrogens with one attached hydrogen (secondary N) is 2. The Morgan fingerprint density at radius 2 is 1.94 bits per heavy atom. The summed E-state index contributed by atoms with van der Waals surface area (Å²) in [6.07, 6.45) is 7.60. The Labute approximate surface area is 214 Å². The van der Waals surface area contributed by atoms with Gasteiger partial charge in [-0.05, 0) is 68.4 Å². The summed E-state index contributed by atoms with van der Waals surface area (Å²) < 4.78 is 6.01. The van der Waals surface area contributed by atoms with Crippen LogP contribution in [0.2, 0.25) is 0 Å². The molecule has 8 heteroatoms. The van der Waals surface area contributed by atoms with Crippen molar-refractivity contribution < 1.29 is 9.53 Å². The first-order valence-electron chi connectivity index (χ1n) is 11.5. The van der Waals surface area contributed by atoms with Gasteiger partial charge >= 0.3 is 0 Å². The number of amides is 1. The Morgan fingerprint density at radius 3 is 2.67 bits per heavy atom. The molecule has 0 saturated heterocycles. The summed E-state index contributed by atoms with van der Waals surface area (Å²) in [5.41, 5.74) is 2.89. The van der Waals surface area contributed by atoms with Gasteiger partial charge in [0.2, 0.25) is 5.88 Å². The van der Waals surface area contributed by atoms with E-state index in [9.17, 15) is 4.79 Å². The normalized spacial score (nSPS) is 13.8. The number of carbonyl (C=O) groups excluding carboxylic acids is 1. The smallest absolute Gasteiger partial charge is 0.253 e. The van der Waals surface area contributed by atoms with Crippen molar-refractivity contribution in [1.82, 2.24) is 20.5 Å². The predicted octanol–water partition coefficient (Wildman–Crippen LogP) is 4.02. The number of halogens is 1. The maximum Gasteiger partial charge on any atom is 0.253 e. The summed E-state index contributed by atoms with van der Waals surface area (Å²) in [5, 5.41) is 6.67. The lowest BCUT2D eigenvalue weighted by Gasteiger charge is -2.14. The van der Waals surface area contributed by atoms with E-state index in [1.54, 1.807) is 25.2 Å². The van der Waals surface area contributed by atoms with Gasteiger partial charge in [-0.1, -0.05) is 12.1 Å². The number of rotatable bonds is 9. The molecule has 1 fully saturated rings. The van der Waals surface area contributed by atoms with Gasteiger partial charge in [-0.25, -0.2) is 9.98 Å². The summed E-state index contributed by atoms with van der Waals surface area (Å²) in [7, 11) is 3.53. The van der Waals surface area contributed by atoms with Gasteiger partial charge in [0, 0.05) is 45.0 Å². The first kappa shape index (κ1) is 26.9. The van der Waals surface area contributed by atoms with Crippen molar-refractivity contribution in [1.29, 1.82) is 0 Å². The average Bonchev–Trinajstić information content (AvgIpc) is 3.30. The number of aromatic nitrogens is 1. The number of guanidine groups is 1. The number of carbonyl (C=O) groups is 1. The molecule has 2 aromatic rings. The van der Waals surface area contributed by atoms with Gasteiger partial charge in [0.05, 0.1) is 6.54 Å². The van der Waals surface area contributed by atoms with Crippen LogP contribution in [0.25, 0.3) is 0 Å². The van der Waals surface area contributed by atoms with Gasteiger partial charge < -0.3 is 20.3 Å². The molecule has 1 saturated carbocycles. The summed E-state index contributed by atoms with van der Waals surface area (Å²) >= 11 is 0. The minimum atomic E-state index is 0. The third-order valence-corrected chi connectivity index (χ3v) is 5.44. The molecule has 0 atom stereocenters. The molecule has 0 radical (unpaired) electrons. The molecular weight excluding hydrogens is 529 g/mol. The lowest BCUT2D eigenvalue weighted by molar-refractivity contribution is 0.0827. The van der Waals surface area contributed by atoms with Crippen LogP contribution in [0.3, 0.4) is 0 Å². The van der Waals surface area contributed by atoms with E-state index < -0.39 is 0 Å². The van der Waals surface area contributed by atoms with E-state index in [4.69, 9.17) is 9.73 Å². The second kappa shape index (κ2) is 14.0. The fourth-order valence-corrected chi connectivity index (χ4v) is 3.75. The number of aliphatic imine (C=N–C) groups is 1. The number of nitrogens with zero attached hydrogens (tertiary/aromatic N) is 3. The highest BCUT2D eigenvalue weighted by atomic mass is 127. The molecule has 1 aromatic heterocycles. The zero-order valence-corrected chi connectivity index (χ0v) is 22.2. The number of benzene rings is 1. The van der Waals surface area contributed by atoms with E-state index in [1.807, 2.05) is 43.3 Å². The molecule has 1 aromatic carbocycles. The second-order valence-corrected chi connectivity index (χ2v) is 8.30. The SMILES string of the molecule is CCNC(=NCc1ccnc(OC2CCCC2)c1)NCCc1cccc(C(=O)N(C)C)c1.I. The number of ether oxygens (including phenoxy) is 1. The molecule has 7 nitrogen and oxygen atoms in total. The van der Waals surface area contributed by atoms with Gasteiger partial charge in [-0.15, -0.1) is 24.0 Å². The van der Waals surface area contributed by atoms with Crippen LogP contribution in [0.4, 0.5) is 0 Å².